The lowest BCUT2D eigenvalue weighted by atomic mass is 10.0. The van der Waals surface area contributed by atoms with Crippen molar-refractivity contribution in [2.45, 2.75) is 26.3 Å². The maximum Gasteiger partial charge on any atom is 0.225 e. The van der Waals surface area contributed by atoms with E-state index < -0.39 is 0 Å². The first-order chi connectivity index (χ1) is 13.0. The number of carbonyl (C=O) groups is 1. The number of imidazole rings is 1. The maximum atomic E-state index is 12.7. The number of benzene rings is 2. The number of aromatic nitrogens is 2. The van der Waals surface area contributed by atoms with Crippen molar-refractivity contribution in [2.75, 3.05) is 14.2 Å². The minimum atomic E-state index is -0.207. The zero-order chi connectivity index (χ0) is 19.4. The van der Waals surface area contributed by atoms with Crippen LogP contribution in [0.25, 0.3) is 11.0 Å². The molecular weight excluding hydrogens is 342 g/mol. The second-order valence-corrected chi connectivity index (χ2v) is 6.78. The Kier molecular flexibility index (Phi) is 5.64. The third kappa shape index (κ3) is 4.22. The lowest BCUT2D eigenvalue weighted by Crippen LogP contribution is -2.33. The Morgan fingerprint density at radius 2 is 1.93 bits per heavy atom. The molecule has 6 nitrogen and oxygen atoms in total. The molecule has 0 aliphatic heterocycles. The number of H-pyrrole nitrogens is 1. The van der Waals surface area contributed by atoms with Crippen molar-refractivity contribution in [2.24, 2.45) is 5.92 Å². The Balaban J connectivity index is 1.80. The van der Waals surface area contributed by atoms with Gasteiger partial charge in [0, 0.05) is 5.56 Å². The Hall–Kier alpha value is -3.02. The van der Waals surface area contributed by atoms with Crippen molar-refractivity contribution in [3.63, 3.8) is 0 Å². The van der Waals surface area contributed by atoms with Crippen LogP contribution in [0.2, 0.25) is 0 Å². The summed E-state index contributed by atoms with van der Waals surface area (Å²) in [6.07, 6.45) is 0.198. The van der Waals surface area contributed by atoms with Gasteiger partial charge in [-0.1, -0.05) is 26.0 Å². The second-order valence-electron chi connectivity index (χ2n) is 6.78. The topological polar surface area (TPSA) is 76.2 Å². The van der Waals surface area contributed by atoms with Gasteiger partial charge < -0.3 is 19.8 Å². The molecule has 0 bridgehead atoms. The van der Waals surface area contributed by atoms with Gasteiger partial charge in [-0.15, -0.1) is 0 Å². The summed E-state index contributed by atoms with van der Waals surface area (Å²) < 4.78 is 10.6. The van der Waals surface area contributed by atoms with Crippen molar-refractivity contribution < 1.29 is 14.3 Å². The minimum absolute atomic E-state index is 0.0966. The minimum Gasteiger partial charge on any atom is -0.497 e. The molecule has 0 radical (unpaired) electrons. The fraction of sp³-hybridized carbons (Fsp3) is 0.333. The summed E-state index contributed by atoms with van der Waals surface area (Å²) in [4.78, 5) is 20.7. The van der Waals surface area contributed by atoms with Gasteiger partial charge in [0.05, 0.1) is 37.7 Å². The number of nitrogens with zero attached hydrogens (tertiary/aromatic N) is 1. The Morgan fingerprint density at radius 1 is 1.15 bits per heavy atom. The lowest BCUT2D eigenvalue weighted by molar-refractivity contribution is -0.121. The van der Waals surface area contributed by atoms with Crippen molar-refractivity contribution in [3.8, 4) is 11.5 Å². The second kappa shape index (κ2) is 8.12. The van der Waals surface area contributed by atoms with E-state index in [0.717, 1.165) is 22.4 Å². The van der Waals surface area contributed by atoms with Crippen LogP contribution in [0.3, 0.4) is 0 Å². The van der Waals surface area contributed by atoms with Crippen molar-refractivity contribution in [1.82, 2.24) is 15.3 Å². The molecule has 3 rings (SSSR count). The number of nitrogens with one attached hydrogen (secondary N) is 2. The quantitative estimate of drug-likeness (QED) is 0.668. The van der Waals surface area contributed by atoms with Gasteiger partial charge in [-0.2, -0.15) is 0 Å². The molecule has 0 saturated heterocycles. The van der Waals surface area contributed by atoms with Gasteiger partial charge in [-0.3, -0.25) is 4.79 Å². The zero-order valence-electron chi connectivity index (χ0n) is 16.1. The van der Waals surface area contributed by atoms with E-state index in [2.05, 4.69) is 29.1 Å². The predicted octanol–water partition coefficient (Wildman–Crippen LogP) is 3.64. The average Bonchev–Trinajstić information content (AvgIpc) is 3.09. The highest BCUT2D eigenvalue weighted by atomic mass is 16.5. The molecule has 1 amide bonds. The third-order valence-electron chi connectivity index (χ3n) is 4.52. The number of hydrogen-bond acceptors (Lipinski definition) is 4. The predicted molar refractivity (Wildman–Crippen MR) is 105 cm³/mol. The van der Waals surface area contributed by atoms with Gasteiger partial charge in [0.2, 0.25) is 5.91 Å². The van der Waals surface area contributed by atoms with Gasteiger partial charge in [-0.05, 0) is 36.2 Å². The van der Waals surface area contributed by atoms with Crippen LogP contribution in [0.5, 0.6) is 11.5 Å². The van der Waals surface area contributed by atoms with Gasteiger partial charge >= 0.3 is 0 Å². The van der Waals surface area contributed by atoms with E-state index >= 15 is 0 Å². The molecule has 1 aromatic heterocycles. The van der Waals surface area contributed by atoms with Gasteiger partial charge in [0.1, 0.15) is 17.3 Å². The van der Waals surface area contributed by atoms with Crippen LogP contribution in [0.4, 0.5) is 0 Å². The molecule has 0 spiro atoms. The molecule has 0 fully saturated rings. The Labute approximate surface area is 158 Å². The van der Waals surface area contributed by atoms with Crippen LogP contribution < -0.4 is 14.8 Å². The number of fused-ring (bicyclic) bond motifs is 1. The number of amides is 1. The molecule has 1 heterocycles. The first-order valence-electron chi connectivity index (χ1n) is 8.96. The SMILES string of the molecule is COc1ccc(OC)c(CC(=O)NC(c2nc3ccccc3[nH]2)C(C)C)c1. The summed E-state index contributed by atoms with van der Waals surface area (Å²) in [7, 11) is 3.19. The van der Waals surface area contributed by atoms with Gasteiger partial charge in [-0.25, -0.2) is 4.98 Å². The molecule has 6 heteroatoms. The summed E-state index contributed by atoms with van der Waals surface area (Å²) >= 11 is 0. The molecule has 0 saturated carbocycles. The van der Waals surface area contributed by atoms with Crippen molar-refractivity contribution >= 4 is 16.9 Å². The van der Waals surface area contributed by atoms with Gasteiger partial charge in [0.25, 0.3) is 0 Å². The zero-order valence-corrected chi connectivity index (χ0v) is 16.1. The molecule has 3 aromatic rings. The molecule has 142 valence electrons. The average molecular weight is 367 g/mol. The van der Waals surface area contributed by atoms with E-state index in [0.29, 0.717) is 11.5 Å². The lowest BCUT2D eigenvalue weighted by Gasteiger charge is -2.21. The van der Waals surface area contributed by atoms with Crippen LogP contribution >= 0.6 is 0 Å². The smallest absolute Gasteiger partial charge is 0.225 e. The van der Waals surface area contributed by atoms with Crippen LogP contribution in [-0.2, 0) is 11.2 Å². The number of rotatable bonds is 7. The van der Waals surface area contributed by atoms with Crippen LogP contribution in [-0.4, -0.2) is 30.1 Å². The number of carbonyl (C=O) groups excluding carboxylic acids is 1. The van der Waals surface area contributed by atoms with Gasteiger partial charge in [0.15, 0.2) is 0 Å². The summed E-state index contributed by atoms with van der Waals surface area (Å²) in [6.45, 7) is 4.12. The van der Waals surface area contributed by atoms with Crippen LogP contribution in [0, 0.1) is 5.92 Å². The highest BCUT2D eigenvalue weighted by Gasteiger charge is 2.22. The Bertz CT molecular complexity index is 900. The molecule has 0 aliphatic carbocycles. The van der Waals surface area contributed by atoms with Crippen LogP contribution in [0.15, 0.2) is 42.5 Å². The summed E-state index contributed by atoms with van der Waals surface area (Å²) in [5.74, 6) is 2.20. The molecule has 2 N–H and O–H groups in total. The first-order valence-corrected chi connectivity index (χ1v) is 8.96. The van der Waals surface area contributed by atoms with E-state index in [4.69, 9.17) is 9.47 Å². The number of hydrogen-bond donors (Lipinski definition) is 2. The highest BCUT2D eigenvalue weighted by Crippen LogP contribution is 2.26. The maximum absolute atomic E-state index is 12.7. The standard InChI is InChI=1S/C21H25N3O3/c1-13(2)20(21-22-16-7-5-6-8-17(16)23-21)24-19(25)12-14-11-15(26-3)9-10-18(14)27-4/h5-11,13,20H,12H2,1-4H3,(H,22,23)(H,24,25). The number of methoxy groups -OCH3 is 2. The van der Waals surface area contributed by atoms with E-state index in [-0.39, 0.29) is 24.3 Å². The fourth-order valence-electron chi connectivity index (χ4n) is 3.09. The van der Waals surface area contributed by atoms with Crippen molar-refractivity contribution in [3.05, 3.63) is 53.9 Å². The fourth-order valence-corrected chi connectivity index (χ4v) is 3.09. The molecule has 1 atom stereocenters. The van der Waals surface area contributed by atoms with Crippen LogP contribution in [0.1, 0.15) is 31.3 Å². The largest absolute Gasteiger partial charge is 0.497 e. The molecule has 1 unspecified atom stereocenters. The Morgan fingerprint density at radius 3 is 2.59 bits per heavy atom. The summed E-state index contributed by atoms with van der Waals surface area (Å²) in [5.41, 5.74) is 2.63. The monoisotopic (exact) mass is 367 g/mol. The summed E-state index contributed by atoms with van der Waals surface area (Å²) in [5, 5.41) is 3.10. The van der Waals surface area contributed by atoms with E-state index in [9.17, 15) is 4.79 Å². The molecule has 27 heavy (non-hydrogen) atoms. The molecule has 0 aliphatic rings. The number of para-hydroxylation sites is 2. The number of aromatic amines is 1. The van der Waals surface area contributed by atoms with E-state index in [1.807, 2.05) is 36.4 Å². The normalized spacial score (nSPS) is 12.2. The van der Waals surface area contributed by atoms with E-state index in [1.54, 1.807) is 20.3 Å². The third-order valence-corrected chi connectivity index (χ3v) is 4.52. The van der Waals surface area contributed by atoms with E-state index in [1.165, 1.54) is 0 Å². The number of ether oxygens (including phenoxy) is 2. The highest BCUT2D eigenvalue weighted by molar-refractivity contribution is 5.80. The van der Waals surface area contributed by atoms with Crippen molar-refractivity contribution in [1.29, 1.82) is 0 Å². The molecular formula is C21H25N3O3. The first kappa shape index (κ1) is 18.8. The summed E-state index contributed by atoms with van der Waals surface area (Å²) in [6, 6.07) is 13.1. The molecule has 2 aromatic carbocycles.